The number of nitrogens with zero attached hydrogens (tertiary/aromatic N) is 5. The number of fused-ring (bicyclic) bond motifs is 1. The summed E-state index contributed by atoms with van der Waals surface area (Å²) < 4.78 is 6.42. The number of aromatic nitrogens is 5. The first-order valence-corrected chi connectivity index (χ1v) is 10.8. The number of rotatable bonds is 10. The van der Waals surface area contributed by atoms with Crippen molar-refractivity contribution in [2.45, 2.75) is 53.2 Å². The Morgan fingerprint density at radius 1 is 1.28 bits per heavy atom. The maximum Gasteiger partial charge on any atom is 0.327 e. The van der Waals surface area contributed by atoms with Crippen LogP contribution in [0.25, 0.3) is 10.9 Å². The average molecular weight is 443 g/mol. The number of carbonyl (C=O) groups excluding carboxylic acids is 1. The molecule has 10 heteroatoms. The van der Waals surface area contributed by atoms with Crippen LogP contribution >= 0.6 is 0 Å². The fraction of sp³-hybridized carbons (Fsp3) is 0.500. The first-order valence-electron chi connectivity index (χ1n) is 10.8. The third kappa shape index (κ3) is 5.20. The quantitative estimate of drug-likeness (QED) is 0.454. The van der Waals surface area contributed by atoms with E-state index in [1.807, 2.05) is 37.8 Å². The van der Waals surface area contributed by atoms with Gasteiger partial charge in [0.1, 0.15) is 6.54 Å². The highest BCUT2D eigenvalue weighted by atomic mass is 16.5. The van der Waals surface area contributed by atoms with Crippen molar-refractivity contribution in [2.75, 3.05) is 19.8 Å². The molecule has 32 heavy (non-hydrogen) atoms. The number of benzene rings is 1. The second-order valence-corrected chi connectivity index (χ2v) is 7.78. The van der Waals surface area contributed by atoms with E-state index in [1.165, 1.54) is 4.68 Å². The van der Waals surface area contributed by atoms with E-state index >= 15 is 0 Å². The molecule has 10 nitrogen and oxygen atoms in total. The Bertz CT molecular complexity index is 1140. The fourth-order valence-corrected chi connectivity index (χ4v) is 4.02. The highest BCUT2D eigenvalue weighted by Crippen LogP contribution is 2.25. The van der Waals surface area contributed by atoms with Crippen LogP contribution in [0.3, 0.4) is 0 Å². The minimum Gasteiger partial charge on any atom is -0.465 e. The van der Waals surface area contributed by atoms with E-state index in [4.69, 9.17) is 4.74 Å². The van der Waals surface area contributed by atoms with Gasteiger partial charge < -0.3 is 14.8 Å². The Labute approximate surface area is 186 Å². The molecule has 3 aromatic rings. The molecule has 0 aliphatic carbocycles. The second-order valence-electron chi connectivity index (χ2n) is 7.78. The van der Waals surface area contributed by atoms with Gasteiger partial charge in [0, 0.05) is 29.6 Å². The number of hydrogen-bond donors (Lipinski definition) is 2. The van der Waals surface area contributed by atoms with Crippen molar-refractivity contribution < 1.29 is 14.6 Å². The van der Waals surface area contributed by atoms with Crippen LogP contribution in [-0.4, -0.2) is 60.9 Å². The summed E-state index contributed by atoms with van der Waals surface area (Å²) in [6.45, 7) is 8.40. The van der Waals surface area contributed by atoms with Crippen LogP contribution in [0.4, 0.5) is 0 Å². The maximum absolute atomic E-state index is 12.8. The number of carbonyl (C=O) groups is 1. The van der Waals surface area contributed by atoms with Crippen molar-refractivity contribution >= 4 is 16.9 Å². The molecule has 0 amide bonds. The molecule has 0 aliphatic rings. The van der Waals surface area contributed by atoms with Crippen LogP contribution in [-0.2, 0) is 22.6 Å². The molecule has 1 atom stereocenters. The van der Waals surface area contributed by atoms with Gasteiger partial charge in [0.15, 0.2) is 5.82 Å². The molecule has 0 saturated carbocycles. The molecular formula is C22H30N6O4. The first kappa shape index (κ1) is 23.6. The lowest BCUT2D eigenvalue weighted by molar-refractivity contribution is -0.144. The zero-order valence-corrected chi connectivity index (χ0v) is 19.0. The molecule has 1 unspecified atom stereocenters. The van der Waals surface area contributed by atoms with E-state index in [0.717, 1.165) is 22.0 Å². The molecule has 0 radical (unpaired) electrons. The summed E-state index contributed by atoms with van der Waals surface area (Å²) in [6, 6.07) is 5.63. The van der Waals surface area contributed by atoms with E-state index in [0.29, 0.717) is 30.9 Å². The van der Waals surface area contributed by atoms with Gasteiger partial charge in [-0.05, 0) is 60.9 Å². The maximum atomic E-state index is 12.8. The largest absolute Gasteiger partial charge is 0.465 e. The number of tetrazole rings is 1. The minimum absolute atomic E-state index is 0.0976. The number of aryl methyl sites for hydroxylation is 2. The summed E-state index contributed by atoms with van der Waals surface area (Å²) >= 11 is 0. The summed E-state index contributed by atoms with van der Waals surface area (Å²) in [6.07, 6.45) is 0.618. The van der Waals surface area contributed by atoms with Crippen molar-refractivity contribution in [2.24, 2.45) is 0 Å². The lowest BCUT2D eigenvalue weighted by Crippen LogP contribution is -2.35. The van der Waals surface area contributed by atoms with Crippen LogP contribution in [0.1, 0.15) is 48.8 Å². The van der Waals surface area contributed by atoms with Crippen molar-refractivity contribution in [3.8, 4) is 0 Å². The molecule has 0 fully saturated rings. The molecule has 172 valence electrons. The Kier molecular flexibility index (Phi) is 7.70. The highest BCUT2D eigenvalue weighted by molar-refractivity contribution is 5.83. The van der Waals surface area contributed by atoms with Crippen LogP contribution < -0.4 is 5.56 Å². The van der Waals surface area contributed by atoms with E-state index in [1.54, 1.807) is 6.92 Å². The number of H-pyrrole nitrogens is 1. The molecule has 3 rings (SSSR count). The van der Waals surface area contributed by atoms with Gasteiger partial charge in [-0.3, -0.25) is 14.5 Å². The standard InChI is InChI=1S/C22H30N6O4/c1-5-19(21-24-25-26-28(21)13-20(30)32-6-2)27(7-8-29)12-16-11-17-15(4)9-14(3)10-18(17)23-22(16)31/h9-11,19,29H,5-8,12-13H2,1-4H3,(H,23,31). The topological polar surface area (TPSA) is 126 Å². The number of hydrogen-bond acceptors (Lipinski definition) is 8. The van der Waals surface area contributed by atoms with Gasteiger partial charge >= 0.3 is 5.97 Å². The zero-order valence-electron chi connectivity index (χ0n) is 19.0. The summed E-state index contributed by atoms with van der Waals surface area (Å²) in [4.78, 5) is 29.7. The van der Waals surface area contributed by atoms with Crippen LogP contribution in [0.15, 0.2) is 23.0 Å². The number of ether oxygens (including phenoxy) is 1. The van der Waals surface area contributed by atoms with Crippen molar-refractivity contribution in [1.29, 1.82) is 0 Å². The van der Waals surface area contributed by atoms with Crippen molar-refractivity contribution in [3.05, 3.63) is 51.1 Å². The van der Waals surface area contributed by atoms with Gasteiger partial charge in [0.25, 0.3) is 5.56 Å². The zero-order chi connectivity index (χ0) is 23.3. The predicted octanol–water partition coefficient (Wildman–Crippen LogP) is 1.64. The monoisotopic (exact) mass is 442 g/mol. The van der Waals surface area contributed by atoms with Crippen LogP contribution in [0.5, 0.6) is 0 Å². The van der Waals surface area contributed by atoms with Gasteiger partial charge in [-0.25, -0.2) is 4.68 Å². The Balaban J connectivity index is 1.94. The Hall–Kier alpha value is -3.11. The Morgan fingerprint density at radius 3 is 2.75 bits per heavy atom. The van der Waals surface area contributed by atoms with Crippen LogP contribution in [0, 0.1) is 13.8 Å². The normalized spacial score (nSPS) is 12.4. The SMILES string of the molecule is CCOC(=O)Cn1nnnc1C(CC)N(CCO)Cc1cc2c(C)cc(C)cc2[nH]c1=O. The van der Waals surface area contributed by atoms with Gasteiger partial charge in [-0.1, -0.05) is 13.0 Å². The second kappa shape index (κ2) is 10.5. The predicted molar refractivity (Wildman–Crippen MR) is 119 cm³/mol. The average Bonchev–Trinajstić information content (AvgIpc) is 3.17. The van der Waals surface area contributed by atoms with Crippen LogP contribution in [0.2, 0.25) is 0 Å². The molecule has 2 heterocycles. The summed E-state index contributed by atoms with van der Waals surface area (Å²) in [5, 5.41) is 22.5. The van der Waals surface area contributed by atoms with Gasteiger partial charge in [-0.2, -0.15) is 0 Å². The first-order chi connectivity index (χ1) is 15.4. The third-order valence-electron chi connectivity index (χ3n) is 5.42. The number of aromatic amines is 1. The number of aliphatic hydroxyl groups excluding tert-OH is 1. The highest BCUT2D eigenvalue weighted by Gasteiger charge is 2.26. The van der Waals surface area contributed by atoms with E-state index < -0.39 is 5.97 Å². The van der Waals surface area contributed by atoms with Crippen molar-refractivity contribution in [1.82, 2.24) is 30.1 Å². The molecule has 2 aromatic heterocycles. The molecule has 0 spiro atoms. The number of pyridine rings is 1. The molecule has 0 saturated heterocycles. The number of aliphatic hydroxyl groups is 1. The van der Waals surface area contributed by atoms with Crippen molar-refractivity contribution in [3.63, 3.8) is 0 Å². The van der Waals surface area contributed by atoms with Gasteiger partial charge in [0.2, 0.25) is 0 Å². The van der Waals surface area contributed by atoms with E-state index in [2.05, 4.69) is 26.6 Å². The number of esters is 1. The van der Waals surface area contributed by atoms with Gasteiger partial charge in [-0.15, -0.1) is 5.10 Å². The fourth-order valence-electron chi connectivity index (χ4n) is 4.02. The molecule has 2 N–H and O–H groups in total. The van der Waals surface area contributed by atoms with Gasteiger partial charge in [0.05, 0.1) is 19.3 Å². The number of nitrogens with one attached hydrogen (secondary N) is 1. The minimum atomic E-state index is -0.429. The van der Waals surface area contributed by atoms with E-state index in [-0.39, 0.29) is 31.4 Å². The summed E-state index contributed by atoms with van der Waals surface area (Å²) in [5.74, 6) is 0.0550. The molecule has 0 bridgehead atoms. The lowest BCUT2D eigenvalue weighted by Gasteiger charge is -2.29. The third-order valence-corrected chi connectivity index (χ3v) is 5.42. The lowest BCUT2D eigenvalue weighted by atomic mass is 10.0. The van der Waals surface area contributed by atoms with E-state index in [9.17, 15) is 14.7 Å². The summed E-state index contributed by atoms with van der Waals surface area (Å²) in [7, 11) is 0. The smallest absolute Gasteiger partial charge is 0.327 e. The molecular weight excluding hydrogens is 412 g/mol. The Morgan fingerprint density at radius 2 is 2.06 bits per heavy atom. The summed E-state index contributed by atoms with van der Waals surface area (Å²) in [5.41, 5.74) is 3.37. The molecule has 1 aromatic carbocycles. The molecule has 0 aliphatic heterocycles.